The molecule has 0 N–H and O–H groups in total. The standard InChI is InChI=1S/C28H34FNO5S/c1-21-23(15-19-33-16-5-18-35-28-6-3-4-17-34-28)20-27(30(21)25-11-9-24(29)10-12-25)22-7-13-26(14-8-22)36(2,31)32/h7-14,20,28H,3-6,15-19H2,1-2H3. The molecule has 3 aromatic rings. The zero-order chi connectivity index (χ0) is 25.5. The maximum absolute atomic E-state index is 13.6. The summed E-state index contributed by atoms with van der Waals surface area (Å²) in [5.41, 5.74) is 4.78. The smallest absolute Gasteiger partial charge is 0.175 e. The Kier molecular flexibility index (Phi) is 8.95. The van der Waals surface area contributed by atoms with Crippen LogP contribution < -0.4 is 0 Å². The second-order valence-electron chi connectivity index (χ2n) is 9.13. The highest BCUT2D eigenvalue weighted by Crippen LogP contribution is 2.31. The molecule has 0 aliphatic carbocycles. The van der Waals surface area contributed by atoms with Crippen molar-refractivity contribution < 1.29 is 27.0 Å². The van der Waals surface area contributed by atoms with Gasteiger partial charge in [-0.2, -0.15) is 0 Å². The Balaban J connectivity index is 1.43. The van der Waals surface area contributed by atoms with Crippen LogP contribution in [0.3, 0.4) is 0 Å². The van der Waals surface area contributed by atoms with Crippen molar-refractivity contribution in [2.75, 3.05) is 32.7 Å². The van der Waals surface area contributed by atoms with Crippen LogP contribution in [0, 0.1) is 12.7 Å². The van der Waals surface area contributed by atoms with E-state index in [1.807, 2.05) is 19.1 Å². The molecule has 0 radical (unpaired) electrons. The van der Waals surface area contributed by atoms with Crippen molar-refractivity contribution >= 4 is 9.84 Å². The summed E-state index contributed by atoms with van der Waals surface area (Å²) in [6, 6.07) is 15.3. The third-order valence-electron chi connectivity index (χ3n) is 6.41. The third-order valence-corrected chi connectivity index (χ3v) is 7.53. The molecule has 0 saturated carbocycles. The van der Waals surface area contributed by atoms with Gasteiger partial charge in [-0.25, -0.2) is 12.8 Å². The summed E-state index contributed by atoms with van der Waals surface area (Å²) in [7, 11) is -3.28. The fourth-order valence-corrected chi connectivity index (χ4v) is 5.05. The predicted molar refractivity (Wildman–Crippen MR) is 138 cm³/mol. The Hall–Kier alpha value is -2.52. The van der Waals surface area contributed by atoms with Gasteiger partial charge >= 0.3 is 0 Å². The predicted octanol–water partition coefficient (Wildman–Crippen LogP) is 5.49. The number of halogens is 1. The Morgan fingerprint density at radius 3 is 2.44 bits per heavy atom. The van der Waals surface area contributed by atoms with E-state index in [4.69, 9.17) is 14.2 Å². The Morgan fingerprint density at radius 1 is 1.03 bits per heavy atom. The van der Waals surface area contributed by atoms with Crippen LogP contribution in [-0.4, -0.2) is 52.0 Å². The quantitative estimate of drug-likeness (QED) is 0.316. The number of ether oxygens (including phenoxy) is 3. The van der Waals surface area contributed by atoms with Crippen LogP contribution in [0.25, 0.3) is 16.9 Å². The molecule has 8 heteroatoms. The molecular weight excluding hydrogens is 481 g/mol. The molecule has 0 amide bonds. The molecule has 1 aromatic heterocycles. The van der Waals surface area contributed by atoms with E-state index in [9.17, 15) is 12.8 Å². The van der Waals surface area contributed by atoms with E-state index < -0.39 is 9.84 Å². The summed E-state index contributed by atoms with van der Waals surface area (Å²) in [6.45, 7) is 4.62. The maximum Gasteiger partial charge on any atom is 0.175 e. The van der Waals surface area contributed by atoms with Gasteiger partial charge in [0.05, 0.1) is 23.8 Å². The molecule has 1 aliphatic rings. The van der Waals surface area contributed by atoms with E-state index >= 15 is 0 Å². The number of hydrogen-bond donors (Lipinski definition) is 0. The van der Waals surface area contributed by atoms with Gasteiger partial charge in [0.2, 0.25) is 0 Å². The fraction of sp³-hybridized carbons (Fsp3) is 0.429. The van der Waals surface area contributed by atoms with Crippen LogP contribution in [-0.2, 0) is 30.5 Å². The molecule has 36 heavy (non-hydrogen) atoms. The van der Waals surface area contributed by atoms with Crippen LogP contribution in [0.15, 0.2) is 59.5 Å². The van der Waals surface area contributed by atoms with Crippen molar-refractivity contribution in [1.29, 1.82) is 0 Å². The monoisotopic (exact) mass is 515 g/mol. The minimum absolute atomic E-state index is 0.0717. The van der Waals surface area contributed by atoms with Crippen molar-refractivity contribution in [3.05, 3.63) is 71.7 Å². The Morgan fingerprint density at radius 2 is 1.78 bits per heavy atom. The number of benzene rings is 2. The highest BCUT2D eigenvalue weighted by molar-refractivity contribution is 7.90. The molecule has 1 fully saturated rings. The molecule has 1 atom stereocenters. The summed E-state index contributed by atoms with van der Waals surface area (Å²) in [6.07, 6.45) is 5.89. The second kappa shape index (κ2) is 12.1. The van der Waals surface area contributed by atoms with Gasteiger partial charge in [-0.15, -0.1) is 0 Å². The molecule has 0 bridgehead atoms. The van der Waals surface area contributed by atoms with E-state index in [0.717, 1.165) is 66.9 Å². The number of rotatable bonds is 11. The first kappa shape index (κ1) is 26.5. The summed E-state index contributed by atoms with van der Waals surface area (Å²) in [5, 5.41) is 0. The van der Waals surface area contributed by atoms with Gasteiger partial charge in [0.25, 0.3) is 0 Å². The number of nitrogens with zero attached hydrogens (tertiary/aromatic N) is 1. The number of sulfone groups is 1. The second-order valence-corrected chi connectivity index (χ2v) is 11.1. The van der Waals surface area contributed by atoms with Gasteiger partial charge in [-0.3, -0.25) is 0 Å². The largest absolute Gasteiger partial charge is 0.381 e. The van der Waals surface area contributed by atoms with Crippen molar-refractivity contribution in [2.24, 2.45) is 0 Å². The fourth-order valence-electron chi connectivity index (χ4n) is 4.42. The minimum Gasteiger partial charge on any atom is -0.381 e. The zero-order valence-electron chi connectivity index (χ0n) is 20.9. The van der Waals surface area contributed by atoms with Crippen LogP contribution in [0.1, 0.15) is 36.9 Å². The van der Waals surface area contributed by atoms with E-state index in [2.05, 4.69) is 10.6 Å². The number of hydrogen-bond acceptors (Lipinski definition) is 5. The van der Waals surface area contributed by atoms with Gasteiger partial charge < -0.3 is 18.8 Å². The van der Waals surface area contributed by atoms with E-state index in [1.165, 1.54) is 18.4 Å². The molecule has 1 saturated heterocycles. The van der Waals surface area contributed by atoms with Gasteiger partial charge in [0, 0.05) is 30.9 Å². The molecule has 2 heterocycles. The molecule has 1 aliphatic heterocycles. The first-order valence-corrected chi connectivity index (χ1v) is 14.3. The van der Waals surface area contributed by atoms with E-state index in [1.54, 1.807) is 24.3 Å². The lowest BCUT2D eigenvalue weighted by molar-refractivity contribution is -0.164. The van der Waals surface area contributed by atoms with Crippen molar-refractivity contribution in [2.45, 2.75) is 50.2 Å². The molecule has 2 aromatic carbocycles. The highest BCUT2D eigenvalue weighted by Gasteiger charge is 2.17. The van der Waals surface area contributed by atoms with Crippen molar-refractivity contribution in [1.82, 2.24) is 4.57 Å². The summed E-state index contributed by atoms with van der Waals surface area (Å²) in [4.78, 5) is 0.274. The molecule has 0 spiro atoms. The average molecular weight is 516 g/mol. The molecular formula is C28H34FNO5S. The van der Waals surface area contributed by atoms with E-state index in [-0.39, 0.29) is 17.0 Å². The topological polar surface area (TPSA) is 66.8 Å². The van der Waals surface area contributed by atoms with Crippen molar-refractivity contribution in [3.8, 4) is 16.9 Å². The minimum atomic E-state index is -3.28. The lowest BCUT2D eigenvalue weighted by atomic mass is 10.1. The molecule has 194 valence electrons. The highest BCUT2D eigenvalue weighted by atomic mass is 32.2. The SMILES string of the molecule is Cc1c(CCOCCCOC2CCCCO2)cc(-c2ccc(S(C)(=O)=O)cc2)n1-c1ccc(F)cc1. The lowest BCUT2D eigenvalue weighted by Crippen LogP contribution is -2.23. The van der Waals surface area contributed by atoms with Gasteiger partial charge in [0.1, 0.15) is 5.82 Å². The summed E-state index contributed by atoms with van der Waals surface area (Å²) in [5.74, 6) is -0.296. The summed E-state index contributed by atoms with van der Waals surface area (Å²) < 4.78 is 56.6. The molecule has 4 rings (SSSR count). The first-order valence-electron chi connectivity index (χ1n) is 12.4. The molecule has 1 unspecified atom stereocenters. The van der Waals surface area contributed by atoms with Gasteiger partial charge in [-0.1, -0.05) is 12.1 Å². The Bertz CT molecular complexity index is 1230. The van der Waals surface area contributed by atoms with Crippen LogP contribution in [0.2, 0.25) is 0 Å². The Labute approximate surface area is 212 Å². The first-order chi connectivity index (χ1) is 17.3. The van der Waals surface area contributed by atoms with Crippen LogP contribution >= 0.6 is 0 Å². The van der Waals surface area contributed by atoms with Crippen LogP contribution in [0.5, 0.6) is 0 Å². The molecule has 6 nitrogen and oxygen atoms in total. The van der Waals surface area contributed by atoms with Gasteiger partial charge in [0.15, 0.2) is 16.1 Å². The summed E-state index contributed by atoms with van der Waals surface area (Å²) >= 11 is 0. The third kappa shape index (κ3) is 6.82. The van der Waals surface area contributed by atoms with E-state index in [0.29, 0.717) is 19.8 Å². The number of aromatic nitrogens is 1. The van der Waals surface area contributed by atoms with Crippen molar-refractivity contribution in [3.63, 3.8) is 0 Å². The normalized spacial score (nSPS) is 16.4. The average Bonchev–Trinajstić information content (AvgIpc) is 3.20. The van der Waals surface area contributed by atoms with Crippen LogP contribution in [0.4, 0.5) is 4.39 Å². The van der Waals surface area contributed by atoms with Gasteiger partial charge in [-0.05, 0) is 92.6 Å². The maximum atomic E-state index is 13.6. The lowest BCUT2D eigenvalue weighted by Gasteiger charge is -2.22. The zero-order valence-corrected chi connectivity index (χ0v) is 21.7.